The maximum absolute atomic E-state index is 11.8. The smallest absolute Gasteiger partial charge is 0.308 e. The molecule has 0 bridgehead atoms. The van der Waals surface area contributed by atoms with Gasteiger partial charge in [-0.2, -0.15) is 0 Å². The topological polar surface area (TPSA) is 78.4 Å². The monoisotopic (exact) mass is 242 g/mol. The number of piperidine rings is 1. The Morgan fingerprint density at radius 1 is 1.47 bits per heavy atom. The molecule has 17 heavy (non-hydrogen) atoms. The minimum absolute atomic E-state index is 0.00893. The summed E-state index contributed by atoms with van der Waals surface area (Å²) in [4.78, 5) is 22.8. The van der Waals surface area contributed by atoms with Crippen molar-refractivity contribution in [3.63, 3.8) is 0 Å². The molecular formula is C12H22N2O3. The van der Waals surface area contributed by atoms with Crippen LogP contribution in [0.1, 0.15) is 26.7 Å². The third kappa shape index (κ3) is 4.34. The van der Waals surface area contributed by atoms with Gasteiger partial charge < -0.3 is 15.7 Å². The molecule has 0 aromatic heterocycles. The molecule has 98 valence electrons. The minimum Gasteiger partial charge on any atom is -0.481 e. The summed E-state index contributed by atoms with van der Waals surface area (Å²) in [6.45, 7) is 5.60. The fraction of sp³-hybridized carbons (Fsp3) is 0.833. The SMILES string of the molecule is CC(C)C(CNC(=O)[C@H]1CCCNC1)C(=O)O. The minimum atomic E-state index is -0.845. The molecule has 2 atom stereocenters. The summed E-state index contributed by atoms with van der Waals surface area (Å²) < 4.78 is 0. The average Bonchev–Trinajstić information content (AvgIpc) is 2.29. The lowest BCUT2D eigenvalue weighted by molar-refractivity contribution is -0.143. The van der Waals surface area contributed by atoms with Gasteiger partial charge in [-0.1, -0.05) is 13.8 Å². The predicted octanol–water partition coefficient (Wildman–Crippen LogP) is 0.459. The first-order chi connectivity index (χ1) is 8.02. The van der Waals surface area contributed by atoms with Crippen molar-refractivity contribution in [1.29, 1.82) is 0 Å². The van der Waals surface area contributed by atoms with Gasteiger partial charge >= 0.3 is 5.97 Å². The number of amides is 1. The zero-order chi connectivity index (χ0) is 12.8. The Bertz CT molecular complexity index is 273. The number of carbonyl (C=O) groups is 2. The van der Waals surface area contributed by atoms with Crippen molar-refractivity contribution in [3.8, 4) is 0 Å². The lowest BCUT2D eigenvalue weighted by atomic mass is 9.95. The maximum atomic E-state index is 11.8. The summed E-state index contributed by atoms with van der Waals surface area (Å²) >= 11 is 0. The summed E-state index contributed by atoms with van der Waals surface area (Å²) in [5.74, 6) is -1.36. The van der Waals surface area contributed by atoms with E-state index in [1.54, 1.807) is 0 Å². The molecule has 1 rings (SSSR count). The Morgan fingerprint density at radius 2 is 2.18 bits per heavy atom. The number of carboxylic acid groups (broad SMARTS) is 1. The van der Waals surface area contributed by atoms with E-state index in [-0.39, 0.29) is 24.3 Å². The van der Waals surface area contributed by atoms with Crippen LogP contribution >= 0.6 is 0 Å². The number of hydrogen-bond acceptors (Lipinski definition) is 3. The summed E-state index contributed by atoms with van der Waals surface area (Å²) in [6, 6.07) is 0. The Morgan fingerprint density at radius 3 is 2.65 bits per heavy atom. The van der Waals surface area contributed by atoms with Crippen LogP contribution in [0.3, 0.4) is 0 Å². The lowest BCUT2D eigenvalue weighted by Crippen LogP contribution is -2.43. The van der Waals surface area contributed by atoms with Crippen LogP contribution in [0.4, 0.5) is 0 Å². The Balaban J connectivity index is 2.37. The van der Waals surface area contributed by atoms with Gasteiger partial charge in [-0.3, -0.25) is 9.59 Å². The highest BCUT2D eigenvalue weighted by atomic mass is 16.4. The van der Waals surface area contributed by atoms with Crippen LogP contribution in [0.15, 0.2) is 0 Å². The van der Waals surface area contributed by atoms with E-state index in [4.69, 9.17) is 5.11 Å². The molecule has 0 saturated carbocycles. The molecule has 1 aliphatic heterocycles. The first-order valence-electron chi connectivity index (χ1n) is 6.23. The van der Waals surface area contributed by atoms with Gasteiger partial charge in [-0.05, 0) is 25.3 Å². The van der Waals surface area contributed by atoms with E-state index in [1.807, 2.05) is 13.8 Å². The van der Waals surface area contributed by atoms with Crippen molar-refractivity contribution >= 4 is 11.9 Å². The molecule has 3 N–H and O–H groups in total. The van der Waals surface area contributed by atoms with Crippen LogP contribution in [-0.2, 0) is 9.59 Å². The standard InChI is InChI=1S/C12H22N2O3/c1-8(2)10(12(16)17)7-14-11(15)9-4-3-5-13-6-9/h8-10,13H,3-7H2,1-2H3,(H,14,15)(H,16,17)/t9-,10?/m0/s1. The first kappa shape index (κ1) is 14.0. The number of hydrogen-bond donors (Lipinski definition) is 3. The molecule has 1 fully saturated rings. The fourth-order valence-corrected chi connectivity index (χ4v) is 2.04. The molecule has 0 aromatic rings. The van der Waals surface area contributed by atoms with Crippen LogP contribution < -0.4 is 10.6 Å². The zero-order valence-electron chi connectivity index (χ0n) is 10.5. The Labute approximate surface area is 102 Å². The zero-order valence-corrected chi connectivity index (χ0v) is 10.5. The second-order valence-electron chi connectivity index (χ2n) is 4.98. The molecule has 0 radical (unpaired) electrons. The van der Waals surface area contributed by atoms with Crippen LogP contribution in [0.2, 0.25) is 0 Å². The first-order valence-corrected chi connectivity index (χ1v) is 6.23. The van der Waals surface area contributed by atoms with E-state index >= 15 is 0 Å². The maximum Gasteiger partial charge on any atom is 0.308 e. The summed E-state index contributed by atoms with van der Waals surface area (Å²) in [5.41, 5.74) is 0. The summed E-state index contributed by atoms with van der Waals surface area (Å²) in [6.07, 6.45) is 1.89. The van der Waals surface area contributed by atoms with E-state index in [9.17, 15) is 9.59 Å². The van der Waals surface area contributed by atoms with Crippen LogP contribution in [0.5, 0.6) is 0 Å². The lowest BCUT2D eigenvalue weighted by Gasteiger charge is -2.23. The third-order valence-corrected chi connectivity index (χ3v) is 3.29. The normalized spacial score (nSPS) is 22.2. The summed E-state index contributed by atoms with van der Waals surface area (Å²) in [5, 5.41) is 14.9. The molecule has 1 amide bonds. The Kier molecular flexibility index (Phi) is 5.41. The second kappa shape index (κ2) is 6.59. The van der Waals surface area contributed by atoms with E-state index in [1.165, 1.54) is 0 Å². The van der Waals surface area contributed by atoms with E-state index in [2.05, 4.69) is 10.6 Å². The molecule has 5 heteroatoms. The highest BCUT2D eigenvalue weighted by Gasteiger charge is 2.25. The molecule has 5 nitrogen and oxygen atoms in total. The fourth-order valence-electron chi connectivity index (χ4n) is 2.04. The van der Waals surface area contributed by atoms with Crippen molar-refractivity contribution in [2.45, 2.75) is 26.7 Å². The van der Waals surface area contributed by atoms with Gasteiger partial charge in [0, 0.05) is 13.1 Å². The molecule has 0 aromatic carbocycles. The van der Waals surface area contributed by atoms with Gasteiger partial charge in [-0.25, -0.2) is 0 Å². The number of carboxylic acids is 1. The van der Waals surface area contributed by atoms with Crippen LogP contribution in [0.25, 0.3) is 0 Å². The van der Waals surface area contributed by atoms with Gasteiger partial charge in [0.25, 0.3) is 0 Å². The van der Waals surface area contributed by atoms with E-state index in [0.29, 0.717) is 6.54 Å². The molecule has 0 aliphatic carbocycles. The van der Waals surface area contributed by atoms with Crippen molar-refractivity contribution < 1.29 is 14.7 Å². The van der Waals surface area contributed by atoms with Gasteiger partial charge in [0.1, 0.15) is 0 Å². The van der Waals surface area contributed by atoms with Gasteiger partial charge in [0.05, 0.1) is 11.8 Å². The van der Waals surface area contributed by atoms with Crippen molar-refractivity contribution in [3.05, 3.63) is 0 Å². The molecule has 1 unspecified atom stereocenters. The van der Waals surface area contributed by atoms with Gasteiger partial charge in [0.2, 0.25) is 5.91 Å². The molecule has 1 aliphatic rings. The van der Waals surface area contributed by atoms with Crippen LogP contribution in [0, 0.1) is 17.8 Å². The molecule has 1 heterocycles. The highest BCUT2D eigenvalue weighted by Crippen LogP contribution is 2.12. The predicted molar refractivity (Wildman–Crippen MR) is 64.6 cm³/mol. The van der Waals surface area contributed by atoms with E-state index < -0.39 is 11.9 Å². The van der Waals surface area contributed by atoms with Crippen molar-refractivity contribution in [2.24, 2.45) is 17.8 Å². The summed E-state index contributed by atoms with van der Waals surface area (Å²) in [7, 11) is 0. The van der Waals surface area contributed by atoms with Gasteiger partial charge in [0.15, 0.2) is 0 Å². The average molecular weight is 242 g/mol. The van der Waals surface area contributed by atoms with Crippen molar-refractivity contribution in [2.75, 3.05) is 19.6 Å². The molecular weight excluding hydrogens is 220 g/mol. The number of nitrogens with one attached hydrogen (secondary N) is 2. The van der Waals surface area contributed by atoms with E-state index in [0.717, 1.165) is 19.4 Å². The highest BCUT2D eigenvalue weighted by molar-refractivity contribution is 5.80. The third-order valence-electron chi connectivity index (χ3n) is 3.29. The second-order valence-corrected chi connectivity index (χ2v) is 4.98. The number of rotatable bonds is 5. The van der Waals surface area contributed by atoms with Gasteiger partial charge in [-0.15, -0.1) is 0 Å². The Hall–Kier alpha value is -1.10. The quantitative estimate of drug-likeness (QED) is 0.654. The molecule has 1 saturated heterocycles. The van der Waals surface area contributed by atoms with Crippen molar-refractivity contribution in [1.82, 2.24) is 10.6 Å². The molecule has 0 spiro atoms. The number of aliphatic carboxylic acids is 1. The number of carbonyl (C=O) groups excluding carboxylic acids is 1. The largest absolute Gasteiger partial charge is 0.481 e. The van der Waals surface area contributed by atoms with Crippen LogP contribution in [-0.4, -0.2) is 36.6 Å².